The molecule has 2 fully saturated rings. The minimum atomic E-state index is -0.371. The number of rotatable bonds is 3. The van der Waals surface area contributed by atoms with Crippen molar-refractivity contribution in [1.82, 2.24) is 5.32 Å². The van der Waals surface area contributed by atoms with Gasteiger partial charge >= 0.3 is 0 Å². The Balaban J connectivity index is 1.70. The largest absolute Gasteiger partial charge is 0.391 e. The highest BCUT2D eigenvalue weighted by Gasteiger charge is 2.51. The number of benzene rings is 1. The molecular formula is C16H21NO2. The van der Waals surface area contributed by atoms with Gasteiger partial charge in [-0.3, -0.25) is 4.79 Å². The Bertz CT molecular complexity index is 453. The molecule has 0 aliphatic heterocycles. The second-order valence-electron chi connectivity index (χ2n) is 5.88. The van der Waals surface area contributed by atoms with Gasteiger partial charge in [-0.15, -0.1) is 0 Å². The number of carbonyl (C=O) groups excluding carboxylic acids is 1. The summed E-state index contributed by atoms with van der Waals surface area (Å²) in [5, 5.41) is 13.0. The fourth-order valence-corrected chi connectivity index (χ4v) is 3.12. The van der Waals surface area contributed by atoms with Crippen molar-refractivity contribution in [3.63, 3.8) is 0 Å². The van der Waals surface area contributed by atoms with Crippen molar-refractivity contribution in [2.24, 2.45) is 0 Å². The quantitative estimate of drug-likeness (QED) is 0.873. The highest BCUT2D eigenvalue weighted by atomic mass is 16.3. The Hall–Kier alpha value is -1.35. The predicted molar refractivity (Wildman–Crippen MR) is 73.8 cm³/mol. The van der Waals surface area contributed by atoms with Crippen LogP contribution in [-0.2, 0) is 10.2 Å². The Kier molecular flexibility index (Phi) is 3.31. The zero-order valence-corrected chi connectivity index (χ0v) is 11.1. The summed E-state index contributed by atoms with van der Waals surface area (Å²) >= 11 is 0. The zero-order chi connectivity index (χ0) is 13.3. The van der Waals surface area contributed by atoms with E-state index in [9.17, 15) is 9.90 Å². The highest BCUT2D eigenvalue weighted by molar-refractivity contribution is 5.91. The molecule has 19 heavy (non-hydrogen) atoms. The number of hydrogen-bond acceptors (Lipinski definition) is 2. The Morgan fingerprint density at radius 1 is 1.16 bits per heavy atom. The van der Waals surface area contributed by atoms with Crippen LogP contribution in [0.3, 0.4) is 0 Å². The first-order valence-corrected chi connectivity index (χ1v) is 7.27. The third-order valence-electron chi connectivity index (χ3n) is 4.56. The molecule has 2 saturated carbocycles. The average molecular weight is 259 g/mol. The molecule has 2 aliphatic carbocycles. The van der Waals surface area contributed by atoms with E-state index in [-0.39, 0.29) is 23.5 Å². The average Bonchev–Trinajstić information content (AvgIpc) is 3.24. The van der Waals surface area contributed by atoms with Crippen molar-refractivity contribution in [2.75, 3.05) is 0 Å². The van der Waals surface area contributed by atoms with E-state index < -0.39 is 0 Å². The first-order valence-electron chi connectivity index (χ1n) is 7.27. The van der Waals surface area contributed by atoms with Gasteiger partial charge in [-0.05, 0) is 31.2 Å². The molecule has 1 aromatic rings. The van der Waals surface area contributed by atoms with Gasteiger partial charge in [0.25, 0.3) is 0 Å². The number of nitrogens with one attached hydrogen (secondary N) is 1. The van der Waals surface area contributed by atoms with Gasteiger partial charge in [0, 0.05) is 0 Å². The van der Waals surface area contributed by atoms with E-state index >= 15 is 0 Å². The van der Waals surface area contributed by atoms with Crippen molar-refractivity contribution in [2.45, 2.75) is 56.1 Å². The SMILES string of the molecule is O=C(N[C@H]1CCCC[C@@H]1O)C1(c2ccccc2)CC1. The molecule has 1 amide bonds. The molecule has 0 spiro atoms. The van der Waals surface area contributed by atoms with E-state index in [4.69, 9.17) is 0 Å². The van der Waals surface area contributed by atoms with Crippen LogP contribution in [0.2, 0.25) is 0 Å². The molecule has 3 rings (SSSR count). The third kappa shape index (κ3) is 2.39. The molecule has 0 bridgehead atoms. The summed E-state index contributed by atoms with van der Waals surface area (Å²) in [5.74, 6) is 0.102. The van der Waals surface area contributed by atoms with Crippen LogP contribution in [0.1, 0.15) is 44.1 Å². The molecule has 3 heteroatoms. The molecule has 1 aromatic carbocycles. The van der Waals surface area contributed by atoms with Crippen LogP contribution in [-0.4, -0.2) is 23.2 Å². The molecule has 0 radical (unpaired) electrons. The van der Waals surface area contributed by atoms with Gasteiger partial charge in [0.15, 0.2) is 0 Å². The van der Waals surface area contributed by atoms with Gasteiger partial charge in [0.1, 0.15) is 0 Å². The normalized spacial score (nSPS) is 28.7. The summed E-state index contributed by atoms with van der Waals surface area (Å²) in [6.45, 7) is 0. The summed E-state index contributed by atoms with van der Waals surface area (Å²) in [7, 11) is 0. The lowest BCUT2D eigenvalue weighted by Crippen LogP contribution is -2.48. The van der Waals surface area contributed by atoms with Crippen molar-refractivity contribution < 1.29 is 9.90 Å². The van der Waals surface area contributed by atoms with E-state index in [1.807, 2.05) is 30.3 Å². The predicted octanol–water partition coefficient (Wildman–Crippen LogP) is 2.14. The number of aliphatic hydroxyl groups is 1. The maximum atomic E-state index is 12.5. The molecule has 3 nitrogen and oxygen atoms in total. The molecule has 0 unspecified atom stereocenters. The van der Waals surface area contributed by atoms with Crippen molar-refractivity contribution in [1.29, 1.82) is 0 Å². The summed E-state index contributed by atoms with van der Waals surface area (Å²) in [6.07, 6.45) is 5.35. The molecule has 2 atom stereocenters. The number of hydrogen-bond donors (Lipinski definition) is 2. The second kappa shape index (κ2) is 4.97. The number of aliphatic hydroxyl groups excluding tert-OH is 1. The van der Waals surface area contributed by atoms with Gasteiger partial charge in [0.05, 0.1) is 17.6 Å². The van der Waals surface area contributed by atoms with Gasteiger partial charge < -0.3 is 10.4 Å². The summed E-state index contributed by atoms with van der Waals surface area (Å²) < 4.78 is 0. The lowest BCUT2D eigenvalue weighted by molar-refractivity contribution is -0.125. The number of amides is 1. The molecule has 102 valence electrons. The lowest BCUT2D eigenvalue weighted by Gasteiger charge is -2.30. The summed E-state index contributed by atoms with van der Waals surface area (Å²) in [6, 6.07) is 9.95. The van der Waals surface area contributed by atoms with E-state index in [1.54, 1.807) is 0 Å². The summed E-state index contributed by atoms with van der Waals surface area (Å²) in [5.41, 5.74) is 0.788. The van der Waals surface area contributed by atoms with E-state index in [2.05, 4.69) is 5.32 Å². The van der Waals surface area contributed by atoms with Crippen LogP contribution in [0.25, 0.3) is 0 Å². The Labute approximate surface area is 114 Å². The van der Waals surface area contributed by atoms with Gasteiger partial charge in [0.2, 0.25) is 5.91 Å². The van der Waals surface area contributed by atoms with Gasteiger partial charge in [-0.2, -0.15) is 0 Å². The molecule has 0 aromatic heterocycles. The smallest absolute Gasteiger partial charge is 0.230 e. The fourth-order valence-electron chi connectivity index (χ4n) is 3.12. The first-order chi connectivity index (χ1) is 9.22. The zero-order valence-electron chi connectivity index (χ0n) is 11.1. The topological polar surface area (TPSA) is 49.3 Å². The van der Waals surface area contributed by atoms with Crippen LogP contribution in [0.4, 0.5) is 0 Å². The summed E-state index contributed by atoms with van der Waals surface area (Å²) in [4.78, 5) is 12.5. The fraction of sp³-hybridized carbons (Fsp3) is 0.562. The van der Waals surface area contributed by atoms with E-state index in [0.29, 0.717) is 0 Å². The van der Waals surface area contributed by atoms with Crippen LogP contribution in [0, 0.1) is 0 Å². The standard InChI is InChI=1S/C16H21NO2/c18-14-9-5-4-8-13(14)17-15(19)16(10-11-16)12-6-2-1-3-7-12/h1-3,6-7,13-14,18H,4-5,8-11H2,(H,17,19)/t13-,14-/m0/s1. The van der Waals surface area contributed by atoms with Crippen LogP contribution in [0.15, 0.2) is 30.3 Å². The molecule has 0 heterocycles. The van der Waals surface area contributed by atoms with Crippen LogP contribution in [0.5, 0.6) is 0 Å². The van der Waals surface area contributed by atoms with E-state index in [0.717, 1.165) is 44.1 Å². The lowest BCUT2D eigenvalue weighted by atomic mass is 9.90. The Morgan fingerprint density at radius 3 is 2.47 bits per heavy atom. The molecular weight excluding hydrogens is 238 g/mol. The number of carbonyl (C=O) groups is 1. The monoisotopic (exact) mass is 259 g/mol. The van der Waals surface area contributed by atoms with Gasteiger partial charge in [-0.1, -0.05) is 43.2 Å². The molecule has 2 aliphatic rings. The Morgan fingerprint density at radius 2 is 1.84 bits per heavy atom. The maximum Gasteiger partial charge on any atom is 0.230 e. The molecule has 0 saturated heterocycles. The third-order valence-corrected chi connectivity index (χ3v) is 4.56. The minimum Gasteiger partial charge on any atom is -0.391 e. The minimum absolute atomic E-state index is 0.0533. The van der Waals surface area contributed by atoms with Crippen molar-refractivity contribution in [3.05, 3.63) is 35.9 Å². The van der Waals surface area contributed by atoms with Crippen molar-refractivity contribution >= 4 is 5.91 Å². The molecule has 2 N–H and O–H groups in total. The van der Waals surface area contributed by atoms with Crippen LogP contribution < -0.4 is 5.32 Å². The van der Waals surface area contributed by atoms with Crippen molar-refractivity contribution in [3.8, 4) is 0 Å². The maximum absolute atomic E-state index is 12.5. The van der Waals surface area contributed by atoms with E-state index in [1.165, 1.54) is 0 Å². The highest BCUT2D eigenvalue weighted by Crippen LogP contribution is 2.48. The van der Waals surface area contributed by atoms with Gasteiger partial charge in [-0.25, -0.2) is 0 Å². The first kappa shape index (κ1) is 12.7. The van der Waals surface area contributed by atoms with Crippen LogP contribution >= 0.6 is 0 Å². The second-order valence-corrected chi connectivity index (χ2v) is 5.88.